The van der Waals surface area contributed by atoms with Crippen molar-refractivity contribution < 1.29 is 4.79 Å². The first-order valence-electron chi connectivity index (χ1n) is 2.51. The van der Waals surface area contributed by atoms with Crippen molar-refractivity contribution in [3.63, 3.8) is 0 Å². The number of aromatic amines is 1. The van der Waals surface area contributed by atoms with E-state index in [-0.39, 0.29) is 0 Å². The lowest BCUT2D eigenvalue weighted by molar-refractivity contribution is 0.112. The van der Waals surface area contributed by atoms with Gasteiger partial charge in [-0.2, -0.15) is 5.26 Å². The minimum Gasteiger partial charge on any atom is -0.341 e. The van der Waals surface area contributed by atoms with Gasteiger partial charge in [-0.15, -0.1) is 0 Å². The van der Waals surface area contributed by atoms with Crippen LogP contribution in [0.1, 0.15) is 16.1 Å². The van der Waals surface area contributed by atoms with Crippen LogP contribution in [0.3, 0.4) is 0 Å². The van der Waals surface area contributed by atoms with Crippen molar-refractivity contribution in [3.05, 3.63) is 21.9 Å². The molecule has 0 saturated carbocycles. The van der Waals surface area contributed by atoms with Gasteiger partial charge in [0.15, 0.2) is 6.29 Å². The summed E-state index contributed by atoms with van der Waals surface area (Å²) in [6, 6.07) is 3.36. The van der Waals surface area contributed by atoms with Crippen LogP contribution in [0.2, 0.25) is 0 Å². The number of aromatic nitrogens is 1. The number of hydrogen-bond acceptors (Lipinski definition) is 2. The molecular weight excluding hydrogens is 196 g/mol. The molecule has 0 fully saturated rings. The van der Waals surface area contributed by atoms with Gasteiger partial charge < -0.3 is 4.98 Å². The maximum Gasteiger partial charge on any atom is 0.152 e. The third-order valence-electron chi connectivity index (χ3n) is 1.05. The second-order valence-corrected chi connectivity index (χ2v) is 2.47. The molecule has 1 rings (SSSR count). The van der Waals surface area contributed by atoms with Gasteiger partial charge in [0, 0.05) is 5.56 Å². The molecule has 0 aliphatic carbocycles. The molecule has 1 aromatic rings. The molecule has 0 radical (unpaired) electrons. The van der Waals surface area contributed by atoms with E-state index < -0.39 is 0 Å². The Balaban J connectivity index is 3.19. The summed E-state index contributed by atoms with van der Waals surface area (Å²) in [6.07, 6.45) is 0.682. The SMILES string of the molecule is N#Cc1cc(C=O)c(Br)[nH]1. The third kappa shape index (κ3) is 1.09. The average molecular weight is 199 g/mol. The van der Waals surface area contributed by atoms with Crippen LogP contribution in [0.4, 0.5) is 0 Å². The lowest BCUT2D eigenvalue weighted by Crippen LogP contribution is -1.72. The number of carbonyl (C=O) groups excluding carboxylic acids is 1. The van der Waals surface area contributed by atoms with Crippen molar-refractivity contribution >= 4 is 22.2 Å². The number of hydrogen-bond donors (Lipinski definition) is 1. The maximum atomic E-state index is 10.2. The predicted octanol–water partition coefficient (Wildman–Crippen LogP) is 1.46. The van der Waals surface area contributed by atoms with Crippen molar-refractivity contribution in [2.45, 2.75) is 0 Å². The maximum absolute atomic E-state index is 10.2. The van der Waals surface area contributed by atoms with E-state index in [9.17, 15) is 4.79 Å². The van der Waals surface area contributed by atoms with Crippen LogP contribution in [0, 0.1) is 11.3 Å². The molecule has 0 bridgehead atoms. The number of halogens is 1. The highest BCUT2D eigenvalue weighted by Gasteiger charge is 2.02. The largest absolute Gasteiger partial charge is 0.341 e. The summed E-state index contributed by atoms with van der Waals surface area (Å²) in [7, 11) is 0. The van der Waals surface area contributed by atoms with Crippen molar-refractivity contribution in [2.75, 3.05) is 0 Å². The van der Waals surface area contributed by atoms with Gasteiger partial charge in [-0.3, -0.25) is 4.79 Å². The van der Waals surface area contributed by atoms with Gasteiger partial charge in [0.05, 0.1) is 4.60 Å². The van der Waals surface area contributed by atoms with Gasteiger partial charge in [0.1, 0.15) is 11.8 Å². The molecule has 0 aliphatic rings. The fourth-order valence-electron chi connectivity index (χ4n) is 0.591. The van der Waals surface area contributed by atoms with Crippen LogP contribution < -0.4 is 0 Å². The van der Waals surface area contributed by atoms with E-state index in [0.29, 0.717) is 22.1 Å². The monoisotopic (exact) mass is 198 g/mol. The van der Waals surface area contributed by atoms with Crippen LogP contribution >= 0.6 is 15.9 Å². The lowest BCUT2D eigenvalue weighted by Gasteiger charge is -1.78. The Morgan fingerprint density at radius 2 is 2.50 bits per heavy atom. The number of H-pyrrole nitrogens is 1. The molecule has 50 valence electrons. The van der Waals surface area contributed by atoms with E-state index in [2.05, 4.69) is 20.9 Å². The van der Waals surface area contributed by atoms with Gasteiger partial charge in [-0.1, -0.05) is 0 Å². The van der Waals surface area contributed by atoms with Crippen molar-refractivity contribution in [1.82, 2.24) is 4.98 Å². The summed E-state index contributed by atoms with van der Waals surface area (Å²) in [4.78, 5) is 12.9. The zero-order chi connectivity index (χ0) is 7.56. The van der Waals surface area contributed by atoms with E-state index in [1.54, 1.807) is 0 Å². The number of aldehydes is 1. The molecule has 0 spiro atoms. The summed E-state index contributed by atoms with van der Waals surface area (Å²) in [6.45, 7) is 0. The minimum atomic E-state index is 0.383. The van der Waals surface area contributed by atoms with Gasteiger partial charge in [0.2, 0.25) is 0 Å². The Morgan fingerprint density at radius 1 is 1.80 bits per heavy atom. The summed E-state index contributed by atoms with van der Waals surface area (Å²) < 4.78 is 0.555. The molecule has 1 aromatic heterocycles. The molecular formula is C6H3BrN2O. The molecule has 10 heavy (non-hydrogen) atoms. The molecule has 1 N–H and O–H groups in total. The van der Waals surface area contributed by atoms with Crippen LogP contribution in [0.5, 0.6) is 0 Å². The number of nitrogens with one attached hydrogen (secondary N) is 1. The van der Waals surface area contributed by atoms with E-state index >= 15 is 0 Å². The van der Waals surface area contributed by atoms with Crippen molar-refractivity contribution in [1.29, 1.82) is 5.26 Å². The number of rotatable bonds is 1. The number of nitriles is 1. The minimum absolute atomic E-state index is 0.383. The number of carbonyl (C=O) groups is 1. The summed E-state index contributed by atoms with van der Waals surface area (Å²) >= 11 is 3.08. The highest BCUT2D eigenvalue weighted by molar-refractivity contribution is 9.10. The third-order valence-corrected chi connectivity index (χ3v) is 1.70. The van der Waals surface area contributed by atoms with Crippen molar-refractivity contribution in [2.24, 2.45) is 0 Å². The van der Waals surface area contributed by atoms with Gasteiger partial charge >= 0.3 is 0 Å². The first-order valence-corrected chi connectivity index (χ1v) is 3.31. The summed E-state index contributed by atoms with van der Waals surface area (Å²) in [5, 5.41) is 8.35. The summed E-state index contributed by atoms with van der Waals surface area (Å²) in [5.41, 5.74) is 0.852. The fourth-order valence-corrected chi connectivity index (χ4v) is 1.01. The molecule has 0 saturated heterocycles. The molecule has 0 amide bonds. The van der Waals surface area contributed by atoms with Crippen molar-refractivity contribution in [3.8, 4) is 6.07 Å². The second-order valence-electron chi connectivity index (χ2n) is 1.68. The number of nitrogens with zero attached hydrogens (tertiary/aromatic N) is 1. The molecule has 1 heterocycles. The highest BCUT2D eigenvalue weighted by Crippen LogP contribution is 2.13. The highest BCUT2D eigenvalue weighted by atomic mass is 79.9. The Hall–Kier alpha value is -1.08. The molecule has 0 aliphatic heterocycles. The Kier molecular flexibility index (Phi) is 1.88. The summed E-state index contributed by atoms with van der Waals surface area (Å²) in [5.74, 6) is 0. The van der Waals surface area contributed by atoms with Gasteiger partial charge in [-0.25, -0.2) is 0 Å². The first kappa shape index (κ1) is 7.03. The molecule has 0 unspecified atom stereocenters. The van der Waals surface area contributed by atoms with E-state index in [4.69, 9.17) is 5.26 Å². The van der Waals surface area contributed by atoms with Crippen LogP contribution in [-0.2, 0) is 0 Å². The van der Waals surface area contributed by atoms with Crippen LogP contribution in [-0.4, -0.2) is 11.3 Å². The van der Waals surface area contributed by atoms with E-state index in [1.807, 2.05) is 6.07 Å². The van der Waals surface area contributed by atoms with E-state index in [0.717, 1.165) is 0 Å². The Labute approximate surface area is 65.8 Å². The zero-order valence-corrected chi connectivity index (χ0v) is 6.47. The normalized spacial score (nSPS) is 8.80. The second kappa shape index (κ2) is 2.67. The molecule has 0 atom stereocenters. The molecule has 4 heteroatoms. The Bertz CT molecular complexity index is 297. The standard InChI is InChI=1S/C6H3BrN2O/c7-6-4(3-10)1-5(2-8)9-6/h1,3,9H. The van der Waals surface area contributed by atoms with Crippen LogP contribution in [0.15, 0.2) is 10.7 Å². The van der Waals surface area contributed by atoms with Gasteiger partial charge in [0.25, 0.3) is 0 Å². The zero-order valence-electron chi connectivity index (χ0n) is 4.89. The molecule has 3 nitrogen and oxygen atoms in total. The van der Waals surface area contributed by atoms with E-state index in [1.165, 1.54) is 6.07 Å². The first-order chi connectivity index (χ1) is 4.77. The fraction of sp³-hybridized carbons (Fsp3) is 0. The lowest BCUT2D eigenvalue weighted by atomic mass is 10.3. The topological polar surface area (TPSA) is 56.6 Å². The molecule has 0 aromatic carbocycles. The smallest absolute Gasteiger partial charge is 0.152 e. The predicted molar refractivity (Wildman–Crippen MR) is 38.6 cm³/mol. The Morgan fingerprint density at radius 3 is 2.80 bits per heavy atom. The van der Waals surface area contributed by atoms with Crippen LogP contribution in [0.25, 0.3) is 0 Å². The van der Waals surface area contributed by atoms with Gasteiger partial charge in [-0.05, 0) is 22.0 Å². The quantitative estimate of drug-likeness (QED) is 0.696. The average Bonchev–Trinajstić information content (AvgIpc) is 2.30.